The molecule has 0 aliphatic rings. The number of ether oxygens (including phenoxy) is 2. The lowest BCUT2D eigenvalue weighted by Gasteiger charge is -2.19. The Bertz CT molecular complexity index is 359. The fourth-order valence-electron chi connectivity index (χ4n) is 1.54. The van der Waals surface area contributed by atoms with Gasteiger partial charge in [0.05, 0.1) is 18.8 Å². The highest BCUT2D eigenvalue weighted by atomic mass is 19.3. The number of halogens is 2. The third-order valence-corrected chi connectivity index (χ3v) is 2.43. The third-order valence-electron chi connectivity index (χ3n) is 2.43. The molecule has 0 saturated carbocycles. The van der Waals surface area contributed by atoms with Crippen LogP contribution in [0.4, 0.5) is 8.78 Å². The normalized spacial score (nSPS) is 13.1. The molecule has 18 heavy (non-hydrogen) atoms. The van der Waals surface area contributed by atoms with Crippen molar-refractivity contribution < 1.29 is 18.3 Å². The van der Waals surface area contributed by atoms with Crippen LogP contribution in [0, 0.1) is 0 Å². The zero-order chi connectivity index (χ0) is 13.5. The fourth-order valence-corrected chi connectivity index (χ4v) is 1.54. The van der Waals surface area contributed by atoms with Gasteiger partial charge < -0.3 is 14.8 Å². The van der Waals surface area contributed by atoms with Crippen molar-refractivity contribution in [2.24, 2.45) is 0 Å². The molecule has 0 amide bonds. The van der Waals surface area contributed by atoms with Gasteiger partial charge in [-0.3, -0.25) is 0 Å². The summed E-state index contributed by atoms with van der Waals surface area (Å²) < 4.78 is 34.1. The average molecular weight is 259 g/mol. The molecule has 3 nitrogen and oxygen atoms in total. The molecule has 1 N–H and O–H groups in total. The molecule has 102 valence electrons. The van der Waals surface area contributed by atoms with Crippen molar-refractivity contribution in [1.29, 1.82) is 0 Å². The Kier molecular flexibility index (Phi) is 6.01. The van der Waals surface area contributed by atoms with E-state index in [1.54, 1.807) is 19.2 Å². The lowest BCUT2D eigenvalue weighted by molar-refractivity contribution is -0.0499. The van der Waals surface area contributed by atoms with Gasteiger partial charge in [0, 0.05) is 0 Å². The molecule has 0 aliphatic carbocycles. The molecule has 1 rings (SSSR count). The first-order valence-electron chi connectivity index (χ1n) is 5.86. The zero-order valence-corrected chi connectivity index (χ0v) is 10.8. The van der Waals surface area contributed by atoms with Crippen LogP contribution in [-0.4, -0.2) is 26.4 Å². The third kappa shape index (κ3) is 4.98. The molecular formula is C13H19F2NO2. The summed E-state index contributed by atoms with van der Waals surface area (Å²) in [6.07, 6.45) is 0.126. The van der Waals surface area contributed by atoms with Crippen molar-refractivity contribution in [3.63, 3.8) is 0 Å². The van der Waals surface area contributed by atoms with Crippen molar-refractivity contribution in [2.45, 2.75) is 32.6 Å². The highest BCUT2D eigenvalue weighted by Gasteiger charge is 2.12. The molecule has 0 aliphatic heterocycles. The van der Waals surface area contributed by atoms with Gasteiger partial charge in [0.15, 0.2) is 0 Å². The SMILES string of the molecule is CNC(COC(C)C)c1cccc(OC(F)F)c1. The molecule has 0 fully saturated rings. The second-order valence-electron chi connectivity index (χ2n) is 4.17. The first kappa shape index (κ1) is 14.9. The van der Waals surface area contributed by atoms with Crippen molar-refractivity contribution >= 4 is 0 Å². The summed E-state index contributed by atoms with van der Waals surface area (Å²) in [5, 5.41) is 3.09. The van der Waals surface area contributed by atoms with E-state index >= 15 is 0 Å². The second kappa shape index (κ2) is 7.28. The van der Waals surface area contributed by atoms with Crippen LogP contribution in [-0.2, 0) is 4.74 Å². The number of hydrogen-bond acceptors (Lipinski definition) is 3. The molecule has 0 bridgehead atoms. The predicted octanol–water partition coefficient (Wildman–Crippen LogP) is 2.97. The predicted molar refractivity (Wildman–Crippen MR) is 66.0 cm³/mol. The van der Waals surface area contributed by atoms with Gasteiger partial charge in [-0.1, -0.05) is 12.1 Å². The topological polar surface area (TPSA) is 30.5 Å². The van der Waals surface area contributed by atoms with Gasteiger partial charge in [0.1, 0.15) is 5.75 Å². The van der Waals surface area contributed by atoms with E-state index < -0.39 is 6.61 Å². The summed E-state index contributed by atoms with van der Waals surface area (Å²) in [6.45, 7) is 1.57. The van der Waals surface area contributed by atoms with Crippen LogP contribution >= 0.6 is 0 Å². The van der Waals surface area contributed by atoms with Crippen molar-refractivity contribution in [2.75, 3.05) is 13.7 Å². The van der Waals surface area contributed by atoms with Crippen LogP contribution in [0.15, 0.2) is 24.3 Å². The van der Waals surface area contributed by atoms with Gasteiger partial charge in [-0.2, -0.15) is 8.78 Å². The van der Waals surface area contributed by atoms with Gasteiger partial charge >= 0.3 is 6.61 Å². The van der Waals surface area contributed by atoms with E-state index in [9.17, 15) is 8.78 Å². The summed E-state index contributed by atoms with van der Waals surface area (Å²) in [4.78, 5) is 0. The van der Waals surface area contributed by atoms with E-state index in [0.29, 0.717) is 6.61 Å². The molecule has 1 unspecified atom stereocenters. The monoisotopic (exact) mass is 259 g/mol. The molecule has 1 aromatic rings. The minimum Gasteiger partial charge on any atom is -0.435 e. The molecule has 5 heteroatoms. The fraction of sp³-hybridized carbons (Fsp3) is 0.538. The molecule has 0 aromatic heterocycles. The van der Waals surface area contributed by atoms with E-state index in [-0.39, 0.29) is 17.9 Å². The first-order chi connectivity index (χ1) is 8.52. The van der Waals surface area contributed by atoms with Crippen LogP contribution in [0.1, 0.15) is 25.5 Å². The largest absolute Gasteiger partial charge is 0.435 e. The van der Waals surface area contributed by atoms with Gasteiger partial charge in [-0.05, 0) is 38.6 Å². The highest BCUT2D eigenvalue weighted by Crippen LogP contribution is 2.21. The smallest absolute Gasteiger partial charge is 0.387 e. The van der Waals surface area contributed by atoms with Crippen LogP contribution in [0.25, 0.3) is 0 Å². The van der Waals surface area contributed by atoms with E-state index in [0.717, 1.165) is 5.56 Å². The minimum absolute atomic E-state index is 0.0476. The second-order valence-corrected chi connectivity index (χ2v) is 4.17. The van der Waals surface area contributed by atoms with Crippen molar-refractivity contribution in [3.05, 3.63) is 29.8 Å². The Hall–Kier alpha value is -1.20. The molecule has 0 heterocycles. The van der Waals surface area contributed by atoms with Crippen molar-refractivity contribution in [1.82, 2.24) is 5.32 Å². The Labute approximate surface area is 106 Å². The van der Waals surface area contributed by atoms with Crippen LogP contribution in [0.2, 0.25) is 0 Å². The Morgan fingerprint density at radius 3 is 2.56 bits per heavy atom. The summed E-state index contributed by atoms with van der Waals surface area (Å²) in [5.41, 5.74) is 0.858. The van der Waals surface area contributed by atoms with Gasteiger partial charge in [0.25, 0.3) is 0 Å². The Balaban J connectivity index is 2.72. The van der Waals surface area contributed by atoms with Crippen molar-refractivity contribution in [3.8, 4) is 5.75 Å². The number of benzene rings is 1. The summed E-state index contributed by atoms with van der Waals surface area (Å²) in [5.74, 6) is 0.160. The maximum absolute atomic E-state index is 12.1. The molecule has 0 spiro atoms. The van der Waals surface area contributed by atoms with Gasteiger partial charge in [-0.25, -0.2) is 0 Å². The molecule has 1 atom stereocenters. The van der Waals surface area contributed by atoms with E-state index in [4.69, 9.17) is 4.74 Å². The molecule has 0 radical (unpaired) electrons. The summed E-state index contributed by atoms with van der Waals surface area (Å²) >= 11 is 0. The molecular weight excluding hydrogens is 240 g/mol. The summed E-state index contributed by atoms with van der Waals surface area (Å²) in [7, 11) is 1.80. The lowest BCUT2D eigenvalue weighted by atomic mass is 10.1. The lowest BCUT2D eigenvalue weighted by Crippen LogP contribution is -2.23. The number of hydrogen-bond donors (Lipinski definition) is 1. The quantitative estimate of drug-likeness (QED) is 0.816. The van der Waals surface area contributed by atoms with E-state index in [1.165, 1.54) is 6.07 Å². The van der Waals surface area contributed by atoms with Gasteiger partial charge in [-0.15, -0.1) is 0 Å². The number of likely N-dealkylation sites (N-methyl/N-ethyl adjacent to an activating group) is 1. The summed E-state index contributed by atoms with van der Waals surface area (Å²) in [6, 6.07) is 6.59. The number of alkyl halides is 2. The van der Waals surface area contributed by atoms with E-state index in [1.807, 2.05) is 19.9 Å². The average Bonchev–Trinajstić information content (AvgIpc) is 2.29. The molecule has 1 aromatic carbocycles. The minimum atomic E-state index is -2.81. The highest BCUT2D eigenvalue weighted by molar-refractivity contribution is 5.30. The Morgan fingerprint density at radius 2 is 2.00 bits per heavy atom. The van der Waals surface area contributed by atoms with E-state index in [2.05, 4.69) is 10.1 Å². The number of nitrogens with one attached hydrogen (secondary N) is 1. The first-order valence-corrected chi connectivity index (χ1v) is 5.86. The zero-order valence-electron chi connectivity index (χ0n) is 10.8. The maximum atomic E-state index is 12.1. The maximum Gasteiger partial charge on any atom is 0.387 e. The molecule has 0 saturated heterocycles. The van der Waals surface area contributed by atoms with Crippen LogP contribution in [0.3, 0.4) is 0 Å². The van der Waals surface area contributed by atoms with Gasteiger partial charge in [0.2, 0.25) is 0 Å². The Morgan fingerprint density at radius 1 is 1.28 bits per heavy atom. The van der Waals surface area contributed by atoms with Crippen LogP contribution < -0.4 is 10.1 Å². The number of rotatable bonds is 7. The van der Waals surface area contributed by atoms with Crippen LogP contribution in [0.5, 0.6) is 5.75 Å². The standard InChI is InChI=1S/C13H19F2NO2/c1-9(2)17-8-12(16-3)10-5-4-6-11(7-10)18-13(14)15/h4-7,9,12-13,16H,8H2,1-3H3.